The first-order valence-corrected chi connectivity index (χ1v) is 11.1. The predicted octanol–water partition coefficient (Wildman–Crippen LogP) is 2.78. The molecule has 0 unspecified atom stereocenters. The number of carbonyl (C=O) groups is 2. The number of amides is 2. The zero-order valence-corrected chi connectivity index (χ0v) is 17.7. The number of halogens is 1. The molecule has 2 amide bonds. The van der Waals surface area contributed by atoms with Gasteiger partial charge in [0.2, 0.25) is 0 Å². The molecule has 1 fully saturated rings. The fourth-order valence-electron chi connectivity index (χ4n) is 3.59. The molecule has 2 aromatic rings. The van der Waals surface area contributed by atoms with Gasteiger partial charge < -0.3 is 14.8 Å². The van der Waals surface area contributed by atoms with Crippen molar-refractivity contribution in [1.29, 1.82) is 0 Å². The van der Waals surface area contributed by atoms with E-state index in [1.54, 1.807) is 30.0 Å². The maximum atomic E-state index is 12.9. The van der Waals surface area contributed by atoms with Crippen molar-refractivity contribution in [3.63, 3.8) is 0 Å². The summed E-state index contributed by atoms with van der Waals surface area (Å²) in [7, 11) is 0. The highest BCUT2D eigenvalue weighted by Crippen LogP contribution is 2.47. The van der Waals surface area contributed by atoms with Crippen LogP contribution in [-0.2, 0) is 13.1 Å². The van der Waals surface area contributed by atoms with Gasteiger partial charge in [0.25, 0.3) is 17.4 Å². The Bertz CT molecular complexity index is 1010. The molecule has 0 saturated heterocycles. The van der Waals surface area contributed by atoms with Gasteiger partial charge in [-0.3, -0.25) is 14.4 Å². The molecule has 1 aliphatic heterocycles. The molecule has 1 saturated carbocycles. The van der Waals surface area contributed by atoms with E-state index in [4.69, 9.17) is 11.6 Å². The number of thioether (sulfide) groups is 1. The molecule has 1 aromatic carbocycles. The molecular weight excluding hydrogens is 410 g/mol. The Labute approximate surface area is 178 Å². The van der Waals surface area contributed by atoms with Crippen molar-refractivity contribution in [2.24, 2.45) is 0 Å². The van der Waals surface area contributed by atoms with Crippen LogP contribution >= 0.6 is 23.4 Å². The molecule has 29 heavy (non-hydrogen) atoms. The first-order valence-electron chi connectivity index (χ1n) is 9.53. The third kappa shape index (κ3) is 4.07. The Morgan fingerprint density at radius 3 is 2.52 bits per heavy atom. The summed E-state index contributed by atoms with van der Waals surface area (Å²) in [5.74, 6) is -0.587. The van der Waals surface area contributed by atoms with E-state index in [1.807, 2.05) is 17.0 Å². The number of nitrogens with one attached hydrogen (secondary N) is 1. The lowest BCUT2D eigenvalue weighted by Crippen LogP contribution is -2.48. The SMILES string of the molecule is CSC1(CN2CCn3c(ccc(C(=O)NCc4ccc(Cl)cc4)c3=O)C2=O)CC1. The van der Waals surface area contributed by atoms with Crippen molar-refractivity contribution in [2.45, 2.75) is 30.7 Å². The minimum Gasteiger partial charge on any atom is -0.348 e. The van der Waals surface area contributed by atoms with Gasteiger partial charge in [-0.1, -0.05) is 23.7 Å². The van der Waals surface area contributed by atoms with Gasteiger partial charge in [-0.25, -0.2) is 0 Å². The lowest BCUT2D eigenvalue weighted by Gasteiger charge is -2.32. The van der Waals surface area contributed by atoms with E-state index in [2.05, 4.69) is 11.6 Å². The number of pyridine rings is 1. The lowest BCUT2D eigenvalue weighted by atomic mass is 10.1. The Balaban J connectivity index is 1.48. The monoisotopic (exact) mass is 431 g/mol. The van der Waals surface area contributed by atoms with Crippen LogP contribution in [0.3, 0.4) is 0 Å². The van der Waals surface area contributed by atoms with Crippen molar-refractivity contribution in [3.8, 4) is 0 Å². The molecule has 1 N–H and O–H groups in total. The number of hydrogen-bond acceptors (Lipinski definition) is 4. The van der Waals surface area contributed by atoms with E-state index in [1.165, 1.54) is 10.6 Å². The molecule has 152 valence electrons. The van der Waals surface area contributed by atoms with E-state index < -0.39 is 11.5 Å². The normalized spacial score (nSPS) is 17.0. The second kappa shape index (κ2) is 7.88. The average Bonchev–Trinajstić information content (AvgIpc) is 3.50. The van der Waals surface area contributed by atoms with Gasteiger partial charge in [0.1, 0.15) is 11.3 Å². The van der Waals surface area contributed by atoms with Crippen LogP contribution in [0.25, 0.3) is 0 Å². The van der Waals surface area contributed by atoms with Gasteiger partial charge in [0.15, 0.2) is 0 Å². The van der Waals surface area contributed by atoms with Gasteiger partial charge >= 0.3 is 0 Å². The van der Waals surface area contributed by atoms with Gasteiger partial charge in [-0.05, 0) is 48.9 Å². The Morgan fingerprint density at radius 2 is 1.86 bits per heavy atom. The number of carbonyl (C=O) groups excluding carboxylic acids is 2. The highest BCUT2D eigenvalue weighted by atomic mass is 35.5. The highest BCUT2D eigenvalue weighted by molar-refractivity contribution is 8.00. The van der Waals surface area contributed by atoms with Crippen LogP contribution in [0.1, 0.15) is 39.3 Å². The second-order valence-electron chi connectivity index (χ2n) is 7.51. The number of hydrogen-bond donors (Lipinski definition) is 1. The number of fused-ring (bicyclic) bond motifs is 1. The molecule has 4 rings (SSSR count). The molecule has 0 spiro atoms. The number of benzene rings is 1. The fourth-order valence-corrected chi connectivity index (χ4v) is 4.51. The first-order chi connectivity index (χ1) is 13.9. The van der Waals surface area contributed by atoms with Gasteiger partial charge in [-0.15, -0.1) is 0 Å². The maximum Gasteiger partial charge on any atom is 0.270 e. The molecule has 2 aliphatic rings. The van der Waals surface area contributed by atoms with Crippen molar-refractivity contribution in [1.82, 2.24) is 14.8 Å². The summed E-state index contributed by atoms with van der Waals surface area (Å²) in [6.07, 6.45) is 4.32. The van der Waals surface area contributed by atoms with Crippen LogP contribution in [0.4, 0.5) is 0 Å². The van der Waals surface area contributed by atoms with Crippen LogP contribution in [0.2, 0.25) is 5.02 Å². The maximum absolute atomic E-state index is 12.9. The van der Waals surface area contributed by atoms with E-state index in [9.17, 15) is 14.4 Å². The average molecular weight is 432 g/mol. The molecule has 8 heteroatoms. The Morgan fingerprint density at radius 1 is 1.14 bits per heavy atom. The molecule has 2 heterocycles. The summed E-state index contributed by atoms with van der Waals surface area (Å²) < 4.78 is 1.61. The van der Waals surface area contributed by atoms with Crippen molar-refractivity contribution in [3.05, 3.63) is 68.6 Å². The van der Waals surface area contributed by atoms with Gasteiger partial charge in [-0.2, -0.15) is 11.8 Å². The highest BCUT2D eigenvalue weighted by Gasteiger charge is 2.45. The van der Waals surface area contributed by atoms with Gasteiger partial charge in [0.05, 0.1) is 0 Å². The Hall–Kier alpha value is -2.25. The molecule has 1 aliphatic carbocycles. The largest absolute Gasteiger partial charge is 0.348 e. The van der Waals surface area contributed by atoms with Crippen LogP contribution in [0.5, 0.6) is 0 Å². The van der Waals surface area contributed by atoms with Crippen molar-refractivity contribution >= 4 is 35.2 Å². The predicted molar refractivity (Wildman–Crippen MR) is 115 cm³/mol. The molecule has 1 aromatic heterocycles. The summed E-state index contributed by atoms with van der Waals surface area (Å²) in [5.41, 5.74) is 0.865. The van der Waals surface area contributed by atoms with Crippen LogP contribution in [0.15, 0.2) is 41.2 Å². The van der Waals surface area contributed by atoms with E-state index in [0.29, 0.717) is 36.9 Å². The second-order valence-corrected chi connectivity index (χ2v) is 9.22. The van der Waals surface area contributed by atoms with E-state index in [0.717, 1.165) is 18.4 Å². The Kier molecular flexibility index (Phi) is 5.44. The lowest BCUT2D eigenvalue weighted by molar-refractivity contribution is 0.0696. The fraction of sp³-hybridized carbons (Fsp3) is 0.381. The molecular formula is C21H22ClN3O3S. The molecule has 0 atom stereocenters. The summed E-state index contributed by atoms with van der Waals surface area (Å²) in [4.78, 5) is 40.0. The van der Waals surface area contributed by atoms with E-state index in [-0.39, 0.29) is 16.2 Å². The first kappa shape index (κ1) is 20.0. The number of rotatable bonds is 6. The topological polar surface area (TPSA) is 71.4 Å². The van der Waals surface area contributed by atoms with Crippen molar-refractivity contribution < 1.29 is 9.59 Å². The summed E-state index contributed by atoms with van der Waals surface area (Å²) in [6.45, 7) is 1.90. The zero-order chi connectivity index (χ0) is 20.6. The van der Waals surface area contributed by atoms with Crippen LogP contribution in [0, 0.1) is 0 Å². The molecule has 0 radical (unpaired) electrons. The number of aromatic nitrogens is 1. The zero-order valence-electron chi connectivity index (χ0n) is 16.1. The molecule has 6 nitrogen and oxygen atoms in total. The quantitative estimate of drug-likeness (QED) is 0.763. The third-order valence-electron chi connectivity index (χ3n) is 5.60. The van der Waals surface area contributed by atoms with Gasteiger partial charge in [0, 0.05) is 35.9 Å². The minimum atomic E-state index is -0.450. The third-order valence-corrected chi connectivity index (χ3v) is 7.26. The summed E-state index contributed by atoms with van der Waals surface area (Å²) >= 11 is 7.67. The molecule has 0 bridgehead atoms. The number of nitrogens with zero attached hydrogens (tertiary/aromatic N) is 2. The standard InChI is InChI=1S/C21H22ClN3O3S/c1-29-21(8-9-21)13-24-10-11-25-17(20(24)28)7-6-16(19(25)27)18(26)23-12-14-2-4-15(22)5-3-14/h2-7H,8-13H2,1H3,(H,23,26). The summed E-state index contributed by atoms with van der Waals surface area (Å²) in [6, 6.07) is 10.2. The van der Waals surface area contributed by atoms with Crippen molar-refractivity contribution in [2.75, 3.05) is 19.3 Å². The van der Waals surface area contributed by atoms with Crippen LogP contribution < -0.4 is 10.9 Å². The smallest absolute Gasteiger partial charge is 0.270 e. The van der Waals surface area contributed by atoms with E-state index >= 15 is 0 Å². The summed E-state index contributed by atoms with van der Waals surface area (Å²) in [5, 5.41) is 3.38. The van der Waals surface area contributed by atoms with Crippen LogP contribution in [-0.4, -0.2) is 45.4 Å². The minimum absolute atomic E-state index is 0.0479.